The van der Waals surface area contributed by atoms with E-state index in [2.05, 4.69) is 11.8 Å². The largest absolute Gasteiger partial charge is 0.394 e. The monoisotopic (exact) mass is 315 g/mol. The van der Waals surface area contributed by atoms with Crippen molar-refractivity contribution in [2.24, 2.45) is 0 Å². The van der Waals surface area contributed by atoms with Gasteiger partial charge in [0, 0.05) is 6.04 Å². The Labute approximate surface area is 134 Å². The van der Waals surface area contributed by atoms with Gasteiger partial charge < -0.3 is 20.4 Å². The molecule has 0 radical (unpaired) electrons. The fourth-order valence-corrected chi connectivity index (χ4v) is 4.36. The Kier molecular flexibility index (Phi) is 6.65. The van der Waals surface area contributed by atoms with Crippen LogP contribution in [0.1, 0.15) is 64.7 Å². The van der Waals surface area contributed by atoms with Crippen molar-refractivity contribution in [3.63, 3.8) is 0 Å². The summed E-state index contributed by atoms with van der Waals surface area (Å²) in [6.45, 7) is 2.78. The molecule has 22 heavy (non-hydrogen) atoms. The molecule has 2 fully saturated rings. The number of nitrogens with zero attached hydrogens (tertiary/aromatic N) is 1. The molecular formula is C17H33NO4. The first kappa shape index (κ1) is 18.1. The summed E-state index contributed by atoms with van der Waals surface area (Å²) in [5.74, 6) is 0. The second-order valence-electron chi connectivity index (χ2n) is 7.17. The van der Waals surface area contributed by atoms with Crippen LogP contribution in [0.2, 0.25) is 0 Å². The second kappa shape index (κ2) is 8.06. The van der Waals surface area contributed by atoms with Crippen LogP contribution in [0.5, 0.6) is 0 Å². The molecule has 2 aliphatic rings. The molecule has 0 spiro atoms. The van der Waals surface area contributed by atoms with E-state index in [0.717, 1.165) is 19.4 Å². The first-order valence-electron chi connectivity index (χ1n) is 8.98. The molecule has 2 rings (SSSR count). The summed E-state index contributed by atoms with van der Waals surface area (Å²) in [5.41, 5.74) is -0.857. The minimum Gasteiger partial charge on any atom is -0.394 e. The van der Waals surface area contributed by atoms with Gasteiger partial charge in [-0.25, -0.2) is 0 Å². The number of hydrogen-bond donors (Lipinski definition) is 4. The number of fused-ring (bicyclic) bond motifs is 2. The second-order valence-corrected chi connectivity index (χ2v) is 7.17. The maximum Gasteiger partial charge on any atom is 0.102 e. The van der Waals surface area contributed by atoms with Gasteiger partial charge in [0.2, 0.25) is 0 Å². The Morgan fingerprint density at radius 3 is 2.27 bits per heavy atom. The lowest BCUT2D eigenvalue weighted by Gasteiger charge is -2.46. The summed E-state index contributed by atoms with van der Waals surface area (Å²) >= 11 is 0. The smallest absolute Gasteiger partial charge is 0.102 e. The highest BCUT2D eigenvalue weighted by atomic mass is 16.3. The van der Waals surface area contributed by atoms with Crippen LogP contribution in [0.3, 0.4) is 0 Å². The first-order chi connectivity index (χ1) is 10.6. The Bertz CT molecular complexity index is 341. The van der Waals surface area contributed by atoms with E-state index in [4.69, 9.17) is 0 Å². The summed E-state index contributed by atoms with van der Waals surface area (Å²) in [6, 6.07) is -0.231. The number of aliphatic hydroxyl groups excluding tert-OH is 4. The zero-order valence-corrected chi connectivity index (χ0v) is 13.8. The van der Waals surface area contributed by atoms with E-state index >= 15 is 0 Å². The van der Waals surface area contributed by atoms with E-state index in [1.54, 1.807) is 0 Å². The van der Waals surface area contributed by atoms with Crippen LogP contribution in [-0.2, 0) is 0 Å². The molecule has 0 aromatic heterocycles. The Morgan fingerprint density at radius 2 is 1.64 bits per heavy atom. The van der Waals surface area contributed by atoms with Crippen molar-refractivity contribution in [3.8, 4) is 0 Å². The first-order valence-corrected chi connectivity index (χ1v) is 8.98. The molecule has 0 saturated carbocycles. The Balaban J connectivity index is 1.84. The van der Waals surface area contributed by atoms with Gasteiger partial charge in [-0.05, 0) is 25.8 Å². The molecule has 5 heteroatoms. The molecule has 4 N–H and O–H groups in total. The van der Waals surface area contributed by atoms with E-state index < -0.39 is 23.9 Å². The molecule has 0 unspecified atom stereocenters. The highest BCUT2D eigenvalue weighted by Crippen LogP contribution is 2.44. The van der Waals surface area contributed by atoms with Gasteiger partial charge >= 0.3 is 0 Å². The van der Waals surface area contributed by atoms with Gasteiger partial charge in [-0.3, -0.25) is 4.90 Å². The van der Waals surface area contributed by atoms with Gasteiger partial charge in [-0.15, -0.1) is 0 Å². The molecule has 2 bridgehead atoms. The number of piperidine rings is 1. The minimum absolute atomic E-state index is 0.213. The summed E-state index contributed by atoms with van der Waals surface area (Å²) < 4.78 is 0. The molecule has 0 aliphatic carbocycles. The third kappa shape index (κ3) is 3.49. The van der Waals surface area contributed by atoms with Crippen LogP contribution >= 0.6 is 0 Å². The van der Waals surface area contributed by atoms with Crippen molar-refractivity contribution < 1.29 is 20.4 Å². The molecule has 5 atom stereocenters. The van der Waals surface area contributed by atoms with Crippen molar-refractivity contribution in [3.05, 3.63) is 0 Å². The maximum absolute atomic E-state index is 10.3. The zero-order chi connectivity index (χ0) is 16.2. The van der Waals surface area contributed by atoms with E-state index in [9.17, 15) is 20.4 Å². The highest BCUT2D eigenvalue weighted by Gasteiger charge is 2.61. The molecule has 0 aromatic carbocycles. The summed E-state index contributed by atoms with van der Waals surface area (Å²) in [6.07, 6.45) is 6.95. The summed E-state index contributed by atoms with van der Waals surface area (Å²) in [7, 11) is 0. The molecule has 0 aromatic rings. The average molecular weight is 315 g/mol. The lowest BCUT2D eigenvalue weighted by atomic mass is 9.85. The van der Waals surface area contributed by atoms with E-state index in [1.165, 1.54) is 32.1 Å². The zero-order valence-electron chi connectivity index (χ0n) is 13.8. The molecule has 2 heterocycles. The standard InChI is InChI=1S/C17H33NO4/c1-2-3-4-5-6-7-8-9-18-14-10-13(20)11-17(18,12-19)16(22)15(14)21/h13-16,19-22H,2-12H2,1H3/t13-,14-,15-,16+,17-/m0/s1. The fourth-order valence-electron chi connectivity index (χ4n) is 4.36. The van der Waals surface area contributed by atoms with Gasteiger partial charge in [0.15, 0.2) is 0 Å². The van der Waals surface area contributed by atoms with Crippen molar-refractivity contribution >= 4 is 0 Å². The van der Waals surface area contributed by atoms with Crippen molar-refractivity contribution in [1.82, 2.24) is 4.90 Å². The third-order valence-electron chi connectivity index (χ3n) is 5.62. The predicted octanol–water partition coefficient (Wildman–Crippen LogP) is 1.03. The molecular weight excluding hydrogens is 282 g/mol. The van der Waals surface area contributed by atoms with Crippen molar-refractivity contribution in [1.29, 1.82) is 0 Å². The number of hydrogen-bond acceptors (Lipinski definition) is 5. The number of aliphatic hydroxyl groups is 4. The van der Waals surface area contributed by atoms with Gasteiger partial charge in [0.05, 0.1) is 24.4 Å². The van der Waals surface area contributed by atoms with Crippen LogP contribution in [0.4, 0.5) is 0 Å². The summed E-state index contributed by atoms with van der Waals surface area (Å²) in [5, 5.41) is 40.4. The van der Waals surface area contributed by atoms with Crippen molar-refractivity contribution in [2.75, 3.05) is 13.2 Å². The van der Waals surface area contributed by atoms with Gasteiger partial charge in [0.1, 0.15) is 6.10 Å². The van der Waals surface area contributed by atoms with Gasteiger partial charge in [0.25, 0.3) is 0 Å². The maximum atomic E-state index is 10.3. The lowest BCUT2D eigenvalue weighted by molar-refractivity contribution is -0.0813. The summed E-state index contributed by atoms with van der Waals surface area (Å²) in [4.78, 5) is 2.07. The topological polar surface area (TPSA) is 84.2 Å². The number of rotatable bonds is 9. The van der Waals surface area contributed by atoms with E-state index in [0.29, 0.717) is 12.8 Å². The van der Waals surface area contributed by atoms with Crippen LogP contribution < -0.4 is 0 Å². The Hall–Kier alpha value is -0.200. The molecule has 2 saturated heterocycles. The third-order valence-corrected chi connectivity index (χ3v) is 5.62. The van der Waals surface area contributed by atoms with Crippen LogP contribution in [0.25, 0.3) is 0 Å². The average Bonchev–Trinajstić information content (AvgIpc) is 2.63. The fraction of sp³-hybridized carbons (Fsp3) is 1.00. The molecule has 5 nitrogen and oxygen atoms in total. The Morgan fingerprint density at radius 1 is 1.00 bits per heavy atom. The number of unbranched alkanes of at least 4 members (excludes halogenated alkanes) is 6. The van der Waals surface area contributed by atoms with E-state index in [-0.39, 0.29) is 12.6 Å². The van der Waals surface area contributed by atoms with Gasteiger partial charge in [-0.1, -0.05) is 45.4 Å². The van der Waals surface area contributed by atoms with E-state index in [1.807, 2.05) is 0 Å². The highest BCUT2D eigenvalue weighted by molar-refractivity contribution is 5.15. The minimum atomic E-state index is -0.968. The molecule has 0 amide bonds. The van der Waals surface area contributed by atoms with Crippen LogP contribution in [-0.4, -0.2) is 68.4 Å². The predicted molar refractivity (Wildman–Crippen MR) is 85.6 cm³/mol. The van der Waals surface area contributed by atoms with Crippen LogP contribution in [0, 0.1) is 0 Å². The molecule has 2 aliphatic heterocycles. The van der Waals surface area contributed by atoms with Crippen molar-refractivity contribution in [2.45, 2.75) is 94.6 Å². The SMILES string of the molecule is CCCCCCCCCN1[C@H]2C[C@H](O)C[C@]1(CO)[C@H](O)[C@H]2O. The lowest BCUT2D eigenvalue weighted by Crippen LogP contribution is -2.60. The quantitative estimate of drug-likeness (QED) is 0.478. The van der Waals surface area contributed by atoms with Gasteiger partial charge in [-0.2, -0.15) is 0 Å². The van der Waals surface area contributed by atoms with Crippen LogP contribution in [0.15, 0.2) is 0 Å². The normalized spacial score (nSPS) is 38.6. The molecule has 130 valence electrons.